The number of carbonyl (C=O) groups excluding carboxylic acids is 1. The fourth-order valence-corrected chi connectivity index (χ4v) is 3.53. The molecule has 1 atom stereocenters. The molecule has 0 aromatic carbocycles. The summed E-state index contributed by atoms with van der Waals surface area (Å²) in [6.45, 7) is 19.4. The zero-order chi connectivity index (χ0) is 16.7. The molecule has 2 rings (SSSR count). The third-order valence-electron chi connectivity index (χ3n) is 5.08. The highest BCUT2D eigenvalue weighted by Crippen LogP contribution is 2.21. The van der Waals surface area contributed by atoms with Crippen molar-refractivity contribution >= 4 is 5.91 Å². The normalized spacial score (nSPS) is 25.0. The van der Waals surface area contributed by atoms with E-state index in [0.29, 0.717) is 12.1 Å². The lowest BCUT2D eigenvalue weighted by Crippen LogP contribution is -2.55. The smallest absolute Gasteiger partial charge is 0.219 e. The van der Waals surface area contributed by atoms with Gasteiger partial charge in [-0.05, 0) is 39.5 Å². The molecule has 22 heavy (non-hydrogen) atoms. The molecule has 2 aliphatic rings. The van der Waals surface area contributed by atoms with Crippen molar-refractivity contribution in [3.05, 3.63) is 0 Å². The Morgan fingerprint density at radius 2 is 1.68 bits per heavy atom. The zero-order valence-electron chi connectivity index (χ0n) is 15.6. The van der Waals surface area contributed by atoms with Gasteiger partial charge in [-0.15, -0.1) is 0 Å². The van der Waals surface area contributed by atoms with Crippen LogP contribution < -0.4 is 0 Å². The van der Waals surface area contributed by atoms with Gasteiger partial charge in [0.1, 0.15) is 0 Å². The maximum atomic E-state index is 11.4. The standard InChI is InChI=1S/C16H31N3O.C2H6/c1-13(2)18-9-10-19(14(3)11-18)12-16-5-7-17(8-6-16)15(4)20;1-2/h13-14,16H,5-12H2,1-4H3;1-2H3. The number of piperazine rings is 1. The molecule has 4 heteroatoms. The van der Waals surface area contributed by atoms with Crippen molar-refractivity contribution in [2.75, 3.05) is 39.3 Å². The van der Waals surface area contributed by atoms with Gasteiger partial charge in [0.15, 0.2) is 0 Å². The molecule has 4 nitrogen and oxygen atoms in total. The number of nitrogens with zero attached hydrogens (tertiary/aromatic N) is 3. The lowest BCUT2D eigenvalue weighted by Gasteiger charge is -2.44. The largest absolute Gasteiger partial charge is 0.343 e. The van der Waals surface area contributed by atoms with Gasteiger partial charge in [0, 0.05) is 58.3 Å². The number of rotatable bonds is 3. The first-order valence-electron chi connectivity index (χ1n) is 9.21. The van der Waals surface area contributed by atoms with Gasteiger partial charge in [-0.3, -0.25) is 14.6 Å². The van der Waals surface area contributed by atoms with E-state index in [4.69, 9.17) is 0 Å². The summed E-state index contributed by atoms with van der Waals surface area (Å²) in [5.41, 5.74) is 0. The van der Waals surface area contributed by atoms with Gasteiger partial charge in [0.25, 0.3) is 0 Å². The monoisotopic (exact) mass is 311 g/mol. The van der Waals surface area contributed by atoms with Crippen LogP contribution in [0, 0.1) is 5.92 Å². The second-order valence-electron chi connectivity index (χ2n) is 6.88. The summed E-state index contributed by atoms with van der Waals surface area (Å²) in [6, 6.07) is 1.33. The Bertz CT molecular complexity index is 324. The molecule has 0 aromatic rings. The molecule has 0 aliphatic carbocycles. The first kappa shape index (κ1) is 19.4. The third-order valence-corrected chi connectivity index (χ3v) is 5.08. The number of amides is 1. The maximum absolute atomic E-state index is 11.4. The summed E-state index contributed by atoms with van der Waals surface area (Å²) >= 11 is 0. The van der Waals surface area contributed by atoms with Crippen molar-refractivity contribution in [2.45, 2.75) is 66.5 Å². The van der Waals surface area contributed by atoms with Crippen LogP contribution >= 0.6 is 0 Å². The second kappa shape index (κ2) is 9.51. The van der Waals surface area contributed by atoms with E-state index >= 15 is 0 Å². The minimum absolute atomic E-state index is 0.238. The van der Waals surface area contributed by atoms with Crippen LogP contribution in [0.25, 0.3) is 0 Å². The molecule has 130 valence electrons. The van der Waals surface area contributed by atoms with Crippen LogP contribution in [0.4, 0.5) is 0 Å². The molecule has 2 heterocycles. The first-order chi connectivity index (χ1) is 10.5. The molecule has 0 N–H and O–H groups in total. The maximum Gasteiger partial charge on any atom is 0.219 e. The molecular weight excluding hydrogens is 274 g/mol. The van der Waals surface area contributed by atoms with Gasteiger partial charge in [-0.25, -0.2) is 0 Å². The Morgan fingerprint density at radius 1 is 1.09 bits per heavy atom. The first-order valence-corrected chi connectivity index (χ1v) is 9.21. The molecule has 0 spiro atoms. The van der Waals surface area contributed by atoms with Crippen LogP contribution in [-0.2, 0) is 4.79 Å². The van der Waals surface area contributed by atoms with Crippen LogP contribution in [0.15, 0.2) is 0 Å². The van der Waals surface area contributed by atoms with E-state index in [1.165, 1.54) is 39.0 Å². The van der Waals surface area contributed by atoms with Crippen LogP contribution in [-0.4, -0.2) is 72.0 Å². The van der Waals surface area contributed by atoms with Crippen LogP contribution in [0.2, 0.25) is 0 Å². The molecule has 0 bridgehead atoms. The zero-order valence-corrected chi connectivity index (χ0v) is 15.6. The molecule has 2 saturated heterocycles. The molecule has 1 unspecified atom stereocenters. The Kier molecular flexibility index (Phi) is 8.40. The van der Waals surface area contributed by atoms with Gasteiger partial charge in [-0.1, -0.05) is 13.8 Å². The summed E-state index contributed by atoms with van der Waals surface area (Å²) in [5.74, 6) is 1.01. The number of piperidine rings is 1. The van der Waals surface area contributed by atoms with Gasteiger partial charge in [0.05, 0.1) is 0 Å². The van der Waals surface area contributed by atoms with Crippen molar-refractivity contribution in [2.24, 2.45) is 5.92 Å². The average molecular weight is 312 g/mol. The summed E-state index contributed by atoms with van der Waals surface area (Å²) in [5, 5.41) is 0. The van der Waals surface area contributed by atoms with Crippen molar-refractivity contribution in [1.82, 2.24) is 14.7 Å². The summed E-state index contributed by atoms with van der Waals surface area (Å²) < 4.78 is 0. The Hall–Kier alpha value is -0.610. The van der Waals surface area contributed by atoms with Crippen molar-refractivity contribution in [3.63, 3.8) is 0 Å². The summed E-state index contributed by atoms with van der Waals surface area (Å²) in [6.07, 6.45) is 2.35. The number of likely N-dealkylation sites (tertiary alicyclic amines) is 1. The third kappa shape index (κ3) is 5.54. The van der Waals surface area contributed by atoms with Gasteiger partial charge in [0.2, 0.25) is 5.91 Å². The Balaban J connectivity index is 0.00000116. The lowest BCUT2D eigenvalue weighted by molar-refractivity contribution is -0.130. The SMILES string of the molecule is CC.CC(=O)N1CCC(CN2CCN(C(C)C)CC2C)CC1. The van der Waals surface area contributed by atoms with Gasteiger partial charge < -0.3 is 4.90 Å². The number of hydrogen-bond acceptors (Lipinski definition) is 3. The number of hydrogen-bond donors (Lipinski definition) is 0. The van der Waals surface area contributed by atoms with E-state index in [1.807, 2.05) is 18.7 Å². The van der Waals surface area contributed by atoms with Crippen molar-refractivity contribution < 1.29 is 4.79 Å². The predicted octanol–water partition coefficient (Wildman–Crippen LogP) is 2.69. The van der Waals surface area contributed by atoms with E-state index in [-0.39, 0.29) is 5.91 Å². The molecule has 1 amide bonds. The van der Waals surface area contributed by atoms with E-state index < -0.39 is 0 Å². The molecule has 0 aromatic heterocycles. The van der Waals surface area contributed by atoms with E-state index in [2.05, 4.69) is 30.6 Å². The minimum atomic E-state index is 0.238. The van der Waals surface area contributed by atoms with E-state index in [0.717, 1.165) is 19.0 Å². The highest BCUT2D eigenvalue weighted by Gasteiger charge is 2.28. The minimum Gasteiger partial charge on any atom is -0.343 e. The predicted molar refractivity (Wildman–Crippen MR) is 94.1 cm³/mol. The highest BCUT2D eigenvalue weighted by atomic mass is 16.2. The fourth-order valence-electron chi connectivity index (χ4n) is 3.53. The Morgan fingerprint density at radius 3 is 2.14 bits per heavy atom. The van der Waals surface area contributed by atoms with Crippen molar-refractivity contribution in [1.29, 1.82) is 0 Å². The molecular formula is C18H37N3O. The lowest BCUT2D eigenvalue weighted by atomic mass is 9.95. The summed E-state index contributed by atoms with van der Waals surface area (Å²) in [4.78, 5) is 18.6. The van der Waals surface area contributed by atoms with Crippen LogP contribution in [0.5, 0.6) is 0 Å². The van der Waals surface area contributed by atoms with Gasteiger partial charge >= 0.3 is 0 Å². The highest BCUT2D eigenvalue weighted by molar-refractivity contribution is 5.73. The number of carbonyl (C=O) groups is 1. The van der Waals surface area contributed by atoms with Gasteiger partial charge in [-0.2, -0.15) is 0 Å². The van der Waals surface area contributed by atoms with Crippen LogP contribution in [0.1, 0.15) is 54.4 Å². The Labute approximate surface area is 137 Å². The molecule has 0 radical (unpaired) electrons. The summed E-state index contributed by atoms with van der Waals surface area (Å²) in [7, 11) is 0. The molecule has 0 saturated carbocycles. The topological polar surface area (TPSA) is 26.8 Å². The van der Waals surface area contributed by atoms with E-state index in [9.17, 15) is 4.79 Å². The second-order valence-corrected chi connectivity index (χ2v) is 6.88. The quantitative estimate of drug-likeness (QED) is 0.802. The van der Waals surface area contributed by atoms with E-state index in [1.54, 1.807) is 6.92 Å². The van der Waals surface area contributed by atoms with Crippen molar-refractivity contribution in [3.8, 4) is 0 Å². The fraction of sp³-hybridized carbons (Fsp3) is 0.944. The average Bonchev–Trinajstić information content (AvgIpc) is 2.51. The van der Waals surface area contributed by atoms with Crippen LogP contribution in [0.3, 0.4) is 0 Å². The molecule has 2 aliphatic heterocycles. The molecule has 2 fully saturated rings.